The van der Waals surface area contributed by atoms with Gasteiger partial charge in [-0.1, -0.05) is 11.3 Å². The van der Waals surface area contributed by atoms with Crippen molar-refractivity contribution in [1.82, 2.24) is 9.29 Å². The molecule has 0 fully saturated rings. The average Bonchev–Trinajstić information content (AvgIpc) is 2.96. The number of thiazole rings is 1. The smallest absolute Gasteiger partial charge is 0.295 e. The molecule has 24 heavy (non-hydrogen) atoms. The lowest BCUT2D eigenvalue weighted by molar-refractivity contribution is -0.117. The molecule has 0 bridgehead atoms. The molecule has 2 heterocycles. The quantitative estimate of drug-likeness (QED) is 0.874. The largest absolute Gasteiger partial charge is 0.494 e. The molecular formula is C14H15N3O5S2. The van der Waals surface area contributed by atoms with E-state index in [1.54, 1.807) is 6.07 Å². The highest BCUT2D eigenvalue weighted by atomic mass is 32.2. The zero-order chi connectivity index (χ0) is 17.3. The Morgan fingerprint density at radius 1 is 1.33 bits per heavy atom. The van der Waals surface area contributed by atoms with Gasteiger partial charge in [0.15, 0.2) is 5.13 Å². The van der Waals surface area contributed by atoms with Crippen LogP contribution in [0, 0.1) is 0 Å². The molecule has 1 aromatic carbocycles. The first-order valence-electron chi connectivity index (χ1n) is 6.97. The second kappa shape index (κ2) is 6.38. The molecule has 128 valence electrons. The molecule has 0 aliphatic carbocycles. The average molecular weight is 369 g/mol. The number of anilines is 1. The van der Waals surface area contributed by atoms with E-state index in [9.17, 15) is 13.2 Å². The van der Waals surface area contributed by atoms with Gasteiger partial charge in [0.1, 0.15) is 19.5 Å². The zero-order valence-electron chi connectivity index (χ0n) is 13.0. The maximum absolute atomic E-state index is 12.2. The van der Waals surface area contributed by atoms with E-state index in [4.69, 9.17) is 9.47 Å². The van der Waals surface area contributed by atoms with Gasteiger partial charge in [0.05, 0.1) is 15.1 Å². The summed E-state index contributed by atoms with van der Waals surface area (Å²) in [5.41, 5.74) is 0.600. The fraction of sp³-hybridized carbons (Fsp3) is 0.286. The summed E-state index contributed by atoms with van der Waals surface area (Å²) in [6.45, 7) is 0.714. The molecule has 0 saturated heterocycles. The first-order chi connectivity index (χ1) is 11.4. The van der Waals surface area contributed by atoms with Gasteiger partial charge in [-0.2, -0.15) is 0 Å². The predicted molar refractivity (Wildman–Crippen MR) is 89.1 cm³/mol. The minimum Gasteiger partial charge on any atom is -0.494 e. The molecule has 0 radical (unpaired) electrons. The van der Waals surface area contributed by atoms with E-state index in [2.05, 4.69) is 10.3 Å². The van der Waals surface area contributed by atoms with Crippen molar-refractivity contribution in [1.29, 1.82) is 0 Å². The molecule has 1 aromatic heterocycles. The fourth-order valence-electron chi connectivity index (χ4n) is 1.98. The molecule has 3 rings (SSSR count). The first kappa shape index (κ1) is 16.7. The number of carbonyl (C=O) groups excluding carboxylic acids is 1. The van der Waals surface area contributed by atoms with Gasteiger partial charge < -0.3 is 9.47 Å². The molecule has 0 saturated carbocycles. The minimum atomic E-state index is -3.52. The van der Waals surface area contributed by atoms with Crippen molar-refractivity contribution < 1.29 is 22.7 Å². The SMILES string of the molecule is CN(C)S(=O)(=O)c1ccc2nc(NC(=O)C3=COCCO3)sc2c1. The summed E-state index contributed by atoms with van der Waals surface area (Å²) in [5, 5.41) is 2.97. The Morgan fingerprint density at radius 3 is 2.79 bits per heavy atom. The van der Waals surface area contributed by atoms with Gasteiger partial charge in [-0.15, -0.1) is 0 Å². The van der Waals surface area contributed by atoms with Gasteiger partial charge in [-0.3, -0.25) is 10.1 Å². The molecule has 0 unspecified atom stereocenters. The molecule has 2 aromatic rings. The number of nitrogens with one attached hydrogen (secondary N) is 1. The van der Waals surface area contributed by atoms with Crippen LogP contribution >= 0.6 is 11.3 Å². The molecule has 10 heteroatoms. The number of nitrogens with zero attached hydrogens (tertiary/aromatic N) is 2. The third-order valence-corrected chi connectivity index (χ3v) is 5.98. The van der Waals surface area contributed by atoms with Crippen LogP contribution in [0.15, 0.2) is 35.1 Å². The molecule has 1 aliphatic heterocycles. The van der Waals surface area contributed by atoms with Crippen molar-refractivity contribution in [2.75, 3.05) is 32.6 Å². The number of rotatable bonds is 4. The van der Waals surface area contributed by atoms with Crippen molar-refractivity contribution in [3.8, 4) is 0 Å². The van der Waals surface area contributed by atoms with E-state index in [0.717, 1.165) is 4.31 Å². The normalized spacial score (nSPS) is 14.9. The number of amides is 1. The lowest BCUT2D eigenvalue weighted by atomic mass is 10.3. The lowest BCUT2D eigenvalue weighted by Gasteiger charge is -2.13. The third kappa shape index (κ3) is 3.21. The highest BCUT2D eigenvalue weighted by Gasteiger charge is 2.20. The van der Waals surface area contributed by atoms with Gasteiger partial charge >= 0.3 is 0 Å². The molecule has 0 atom stereocenters. The lowest BCUT2D eigenvalue weighted by Crippen LogP contribution is -2.22. The summed E-state index contributed by atoms with van der Waals surface area (Å²) in [6, 6.07) is 4.64. The summed E-state index contributed by atoms with van der Waals surface area (Å²) in [7, 11) is -0.580. The third-order valence-electron chi connectivity index (χ3n) is 3.23. The Kier molecular flexibility index (Phi) is 4.43. The Bertz CT molecular complexity index is 918. The maximum Gasteiger partial charge on any atom is 0.295 e. The van der Waals surface area contributed by atoms with Crippen LogP contribution in [0.5, 0.6) is 0 Å². The first-order valence-corrected chi connectivity index (χ1v) is 9.22. The van der Waals surface area contributed by atoms with Crippen LogP contribution in [-0.4, -0.2) is 50.9 Å². The number of benzene rings is 1. The predicted octanol–water partition coefficient (Wildman–Crippen LogP) is 1.37. The number of hydrogen-bond donors (Lipinski definition) is 1. The monoisotopic (exact) mass is 369 g/mol. The van der Waals surface area contributed by atoms with Gasteiger partial charge in [0.25, 0.3) is 5.91 Å². The van der Waals surface area contributed by atoms with E-state index < -0.39 is 15.9 Å². The summed E-state index contributed by atoms with van der Waals surface area (Å²) in [4.78, 5) is 16.5. The molecular weight excluding hydrogens is 354 g/mol. The van der Waals surface area contributed by atoms with Crippen molar-refractivity contribution in [2.45, 2.75) is 4.90 Å². The van der Waals surface area contributed by atoms with Gasteiger partial charge in [-0.25, -0.2) is 17.7 Å². The van der Waals surface area contributed by atoms with E-state index in [0.29, 0.717) is 28.6 Å². The number of fused-ring (bicyclic) bond motifs is 1. The van der Waals surface area contributed by atoms with Crippen LogP contribution in [0.3, 0.4) is 0 Å². The van der Waals surface area contributed by atoms with E-state index in [1.165, 1.54) is 43.8 Å². The summed E-state index contributed by atoms with van der Waals surface area (Å²) in [6.07, 6.45) is 1.26. The minimum absolute atomic E-state index is 0.0800. The second-order valence-electron chi connectivity index (χ2n) is 5.09. The fourth-order valence-corrected chi connectivity index (χ4v) is 3.88. The van der Waals surface area contributed by atoms with Crippen molar-refractivity contribution in [3.63, 3.8) is 0 Å². The molecule has 0 spiro atoms. The van der Waals surface area contributed by atoms with Gasteiger partial charge in [-0.05, 0) is 18.2 Å². The van der Waals surface area contributed by atoms with Crippen molar-refractivity contribution >= 4 is 42.6 Å². The van der Waals surface area contributed by atoms with Crippen LogP contribution in [0.25, 0.3) is 10.2 Å². The Morgan fingerprint density at radius 2 is 2.12 bits per heavy atom. The Balaban J connectivity index is 1.86. The summed E-state index contributed by atoms with van der Waals surface area (Å²) in [5.74, 6) is -0.383. The standard InChI is InChI=1S/C14H15N3O5S2/c1-17(2)24(19,20)9-3-4-10-12(7-9)23-14(15-10)16-13(18)11-8-21-5-6-22-11/h3-4,7-8H,5-6H2,1-2H3,(H,15,16,18). The van der Waals surface area contributed by atoms with E-state index in [-0.39, 0.29) is 10.7 Å². The molecule has 1 aliphatic rings. The van der Waals surface area contributed by atoms with Crippen LogP contribution in [0.1, 0.15) is 0 Å². The maximum atomic E-state index is 12.2. The Labute approximate surface area is 142 Å². The van der Waals surface area contributed by atoms with E-state index in [1.807, 2.05) is 0 Å². The van der Waals surface area contributed by atoms with Crippen LogP contribution < -0.4 is 5.32 Å². The van der Waals surface area contributed by atoms with Crippen LogP contribution in [0.4, 0.5) is 5.13 Å². The van der Waals surface area contributed by atoms with Crippen molar-refractivity contribution in [3.05, 3.63) is 30.2 Å². The summed E-state index contributed by atoms with van der Waals surface area (Å²) < 4.78 is 36.4. The highest BCUT2D eigenvalue weighted by Crippen LogP contribution is 2.29. The summed E-state index contributed by atoms with van der Waals surface area (Å²) >= 11 is 1.18. The second-order valence-corrected chi connectivity index (χ2v) is 8.27. The topological polar surface area (TPSA) is 97.8 Å². The van der Waals surface area contributed by atoms with Crippen molar-refractivity contribution in [2.24, 2.45) is 0 Å². The number of sulfonamides is 1. The number of aromatic nitrogens is 1. The van der Waals surface area contributed by atoms with E-state index >= 15 is 0 Å². The number of hydrogen-bond acceptors (Lipinski definition) is 7. The Hall–Kier alpha value is -2.17. The zero-order valence-corrected chi connectivity index (χ0v) is 14.6. The molecule has 8 nitrogen and oxygen atoms in total. The highest BCUT2D eigenvalue weighted by molar-refractivity contribution is 7.89. The molecule has 1 N–H and O–H groups in total. The number of carbonyl (C=O) groups is 1. The number of ether oxygens (including phenoxy) is 2. The molecule has 1 amide bonds. The van der Waals surface area contributed by atoms with Gasteiger partial charge in [0.2, 0.25) is 15.8 Å². The van der Waals surface area contributed by atoms with Gasteiger partial charge in [0, 0.05) is 14.1 Å². The van der Waals surface area contributed by atoms with Crippen LogP contribution in [0.2, 0.25) is 0 Å². The van der Waals surface area contributed by atoms with Crippen LogP contribution in [-0.2, 0) is 24.3 Å².